The van der Waals surface area contributed by atoms with Gasteiger partial charge in [-0.05, 0) is 21.0 Å². The minimum Gasteiger partial charge on any atom is -0.383 e. The molecule has 1 rings (SSSR count). The molecule has 1 atom stereocenters. The first kappa shape index (κ1) is 14.7. The average molecular weight is 254 g/mol. The summed E-state index contributed by atoms with van der Waals surface area (Å²) >= 11 is 0. The first-order valence-electron chi connectivity index (χ1n) is 5.98. The van der Waals surface area contributed by atoms with E-state index in [-0.39, 0.29) is 11.9 Å². The molecule has 0 saturated heterocycles. The first-order chi connectivity index (χ1) is 8.56. The van der Waals surface area contributed by atoms with Gasteiger partial charge >= 0.3 is 0 Å². The number of rotatable bonds is 7. The van der Waals surface area contributed by atoms with Crippen molar-refractivity contribution >= 4 is 5.91 Å². The van der Waals surface area contributed by atoms with Crippen LogP contribution in [0.3, 0.4) is 0 Å². The molecule has 6 nitrogen and oxygen atoms in total. The number of nitrogens with zero attached hydrogens (tertiary/aromatic N) is 3. The third-order valence-electron chi connectivity index (χ3n) is 2.93. The van der Waals surface area contributed by atoms with Gasteiger partial charge in [-0.3, -0.25) is 9.69 Å². The Labute approximate surface area is 108 Å². The molecule has 0 bridgehead atoms. The number of nitrogens with one attached hydrogen (secondary N) is 1. The highest BCUT2D eigenvalue weighted by atomic mass is 16.5. The molecular formula is C12H22N4O2. The van der Waals surface area contributed by atoms with Crippen molar-refractivity contribution in [2.75, 3.05) is 27.8 Å². The Morgan fingerprint density at radius 3 is 2.94 bits per heavy atom. The lowest BCUT2D eigenvalue weighted by atomic mass is 10.3. The summed E-state index contributed by atoms with van der Waals surface area (Å²) in [6.45, 7) is 3.73. The van der Waals surface area contributed by atoms with Gasteiger partial charge in [0.15, 0.2) is 0 Å². The zero-order valence-electron chi connectivity index (χ0n) is 11.5. The zero-order valence-corrected chi connectivity index (χ0v) is 11.5. The highest BCUT2D eigenvalue weighted by molar-refractivity contribution is 5.81. The van der Waals surface area contributed by atoms with Gasteiger partial charge in [0.1, 0.15) is 0 Å². The monoisotopic (exact) mass is 254 g/mol. The summed E-state index contributed by atoms with van der Waals surface area (Å²) < 4.78 is 7.00. The molecule has 0 saturated carbocycles. The number of likely N-dealkylation sites (N-methyl/N-ethyl adjacent to an activating group) is 1. The summed E-state index contributed by atoms with van der Waals surface area (Å²) in [6, 6.07) is -0.139. The lowest BCUT2D eigenvalue weighted by Crippen LogP contribution is -2.41. The van der Waals surface area contributed by atoms with Gasteiger partial charge < -0.3 is 14.6 Å². The van der Waals surface area contributed by atoms with Crippen molar-refractivity contribution in [3.05, 3.63) is 18.2 Å². The normalized spacial score (nSPS) is 12.7. The SMILES string of the molecule is COCCn1cncc1CNC(=O)C(C)N(C)C. The molecule has 18 heavy (non-hydrogen) atoms. The van der Waals surface area contributed by atoms with Crippen molar-refractivity contribution in [2.24, 2.45) is 0 Å². The number of hydrogen-bond donors (Lipinski definition) is 1. The second-order valence-corrected chi connectivity index (χ2v) is 4.43. The summed E-state index contributed by atoms with van der Waals surface area (Å²) in [5, 5.41) is 2.90. The van der Waals surface area contributed by atoms with Crippen LogP contribution in [0, 0.1) is 0 Å². The maximum absolute atomic E-state index is 11.8. The molecule has 1 unspecified atom stereocenters. The van der Waals surface area contributed by atoms with E-state index in [4.69, 9.17) is 4.74 Å². The smallest absolute Gasteiger partial charge is 0.237 e. The average Bonchev–Trinajstić information content (AvgIpc) is 2.79. The van der Waals surface area contributed by atoms with Crippen LogP contribution in [-0.2, 0) is 22.6 Å². The van der Waals surface area contributed by atoms with Crippen molar-refractivity contribution in [3.63, 3.8) is 0 Å². The minimum absolute atomic E-state index is 0.0134. The highest BCUT2D eigenvalue weighted by Crippen LogP contribution is 2.00. The minimum atomic E-state index is -0.139. The number of carbonyl (C=O) groups excluding carboxylic acids is 1. The molecular weight excluding hydrogens is 232 g/mol. The number of amides is 1. The number of imidazole rings is 1. The van der Waals surface area contributed by atoms with Crippen LogP contribution >= 0.6 is 0 Å². The van der Waals surface area contributed by atoms with Gasteiger partial charge in [0.05, 0.1) is 31.2 Å². The zero-order chi connectivity index (χ0) is 13.5. The number of methoxy groups -OCH3 is 1. The van der Waals surface area contributed by atoms with Crippen LogP contribution in [0.2, 0.25) is 0 Å². The van der Waals surface area contributed by atoms with Crippen molar-refractivity contribution in [1.29, 1.82) is 0 Å². The predicted octanol–water partition coefficient (Wildman–Crippen LogP) is 0.0958. The van der Waals surface area contributed by atoms with Crippen molar-refractivity contribution in [1.82, 2.24) is 19.8 Å². The fourth-order valence-corrected chi connectivity index (χ4v) is 1.45. The lowest BCUT2D eigenvalue weighted by molar-refractivity contribution is -0.125. The van der Waals surface area contributed by atoms with Gasteiger partial charge in [-0.2, -0.15) is 0 Å². The molecule has 0 aliphatic rings. The molecule has 1 aromatic heterocycles. The number of carbonyl (C=O) groups is 1. The van der Waals surface area contributed by atoms with E-state index in [1.807, 2.05) is 30.5 Å². The molecule has 0 aromatic carbocycles. The van der Waals surface area contributed by atoms with Gasteiger partial charge in [0.2, 0.25) is 5.91 Å². The van der Waals surface area contributed by atoms with Crippen LogP contribution in [0.15, 0.2) is 12.5 Å². The molecule has 6 heteroatoms. The van der Waals surface area contributed by atoms with E-state index in [1.54, 1.807) is 19.6 Å². The van der Waals surface area contributed by atoms with Crippen molar-refractivity contribution < 1.29 is 9.53 Å². The molecule has 102 valence electrons. The second kappa shape index (κ2) is 7.13. The fourth-order valence-electron chi connectivity index (χ4n) is 1.45. The van der Waals surface area contributed by atoms with Crippen LogP contribution < -0.4 is 5.32 Å². The highest BCUT2D eigenvalue weighted by Gasteiger charge is 2.14. The summed E-state index contributed by atoms with van der Waals surface area (Å²) in [7, 11) is 5.43. The summed E-state index contributed by atoms with van der Waals surface area (Å²) in [5.41, 5.74) is 0.978. The van der Waals surface area contributed by atoms with E-state index in [9.17, 15) is 4.79 Å². The van der Waals surface area contributed by atoms with Crippen LogP contribution in [0.1, 0.15) is 12.6 Å². The molecule has 0 spiro atoms. The molecule has 0 radical (unpaired) electrons. The molecule has 1 N–H and O–H groups in total. The quantitative estimate of drug-likeness (QED) is 0.749. The number of aromatic nitrogens is 2. The Morgan fingerprint density at radius 1 is 1.61 bits per heavy atom. The van der Waals surface area contributed by atoms with E-state index in [2.05, 4.69) is 10.3 Å². The van der Waals surface area contributed by atoms with Crippen LogP contribution in [-0.4, -0.2) is 54.2 Å². The van der Waals surface area contributed by atoms with Crippen molar-refractivity contribution in [3.8, 4) is 0 Å². The summed E-state index contributed by atoms with van der Waals surface area (Å²) in [5.74, 6) is 0.0134. The van der Waals surface area contributed by atoms with Gasteiger partial charge in [0.25, 0.3) is 0 Å². The van der Waals surface area contributed by atoms with Crippen LogP contribution in [0.5, 0.6) is 0 Å². The molecule has 0 fully saturated rings. The Kier molecular flexibility index (Phi) is 5.80. The molecule has 0 aliphatic carbocycles. The molecule has 0 aliphatic heterocycles. The topological polar surface area (TPSA) is 59.4 Å². The van der Waals surface area contributed by atoms with Crippen LogP contribution in [0.4, 0.5) is 0 Å². The van der Waals surface area contributed by atoms with Crippen molar-refractivity contribution in [2.45, 2.75) is 26.1 Å². The molecule has 1 heterocycles. The van der Waals surface area contributed by atoms with E-state index in [0.29, 0.717) is 13.2 Å². The van der Waals surface area contributed by atoms with Crippen LogP contribution in [0.25, 0.3) is 0 Å². The predicted molar refractivity (Wildman–Crippen MR) is 69.1 cm³/mol. The summed E-state index contributed by atoms with van der Waals surface area (Å²) in [4.78, 5) is 17.7. The van der Waals surface area contributed by atoms with E-state index in [1.165, 1.54) is 0 Å². The fraction of sp³-hybridized carbons (Fsp3) is 0.667. The summed E-state index contributed by atoms with van der Waals surface area (Å²) in [6.07, 6.45) is 3.51. The van der Waals surface area contributed by atoms with E-state index < -0.39 is 0 Å². The number of hydrogen-bond acceptors (Lipinski definition) is 4. The lowest BCUT2D eigenvalue weighted by Gasteiger charge is -2.19. The molecule has 1 aromatic rings. The third kappa shape index (κ3) is 4.12. The van der Waals surface area contributed by atoms with Gasteiger partial charge in [-0.25, -0.2) is 4.98 Å². The maximum Gasteiger partial charge on any atom is 0.237 e. The maximum atomic E-state index is 11.8. The van der Waals surface area contributed by atoms with E-state index in [0.717, 1.165) is 12.2 Å². The largest absolute Gasteiger partial charge is 0.383 e. The first-order valence-corrected chi connectivity index (χ1v) is 5.98. The Morgan fingerprint density at radius 2 is 2.33 bits per heavy atom. The Bertz CT molecular complexity index is 376. The Balaban J connectivity index is 2.48. The van der Waals surface area contributed by atoms with Gasteiger partial charge in [0, 0.05) is 19.9 Å². The second-order valence-electron chi connectivity index (χ2n) is 4.43. The van der Waals surface area contributed by atoms with Gasteiger partial charge in [-0.15, -0.1) is 0 Å². The standard InChI is InChI=1S/C12H22N4O2/c1-10(15(2)3)12(17)14-8-11-7-13-9-16(11)5-6-18-4/h7,9-10H,5-6,8H2,1-4H3,(H,14,17). The van der Waals surface area contributed by atoms with E-state index >= 15 is 0 Å². The Hall–Kier alpha value is -1.40. The molecule has 1 amide bonds. The van der Waals surface area contributed by atoms with Gasteiger partial charge in [-0.1, -0.05) is 0 Å². The number of ether oxygens (including phenoxy) is 1. The third-order valence-corrected chi connectivity index (χ3v) is 2.93.